The Morgan fingerprint density at radius 3 is 2.56 bits per heavy atom. The van der Waals surface area contributed by atoms with Crippen LogP contribution in [0.4, 0.5) is 5.82 Å². The van der Waals surface area contributed by atoms with Gasteiger partial charge in [0, 0.05) is 18.4 Å². The predicted molar refractivity (Wildman–Crippen MR) is 106 cm³/mol. The lowest BCUT2D eigenvalue weighted by Gasteiger charge is -2.33. The van der Waals surface area contributed by atoms with Crippen LogP contribution in [0.25, 0.3) is 0 Å². The zero-order valence-electron chi connectivity index (χ0n) is 16.3. The van der Waals surface area contributed by atoms with Gasteiger partial charge >= 0.3 is 0 Å². The van der Waals surface area contributed by atoms with Crippen LogP contribution in [0.5, 0.6) is 0 Å². The van der Waals surface area contributed by atoms with E-state index in [0.29, 0.717) is 6.61 Å². The predicted octanol–water partition coefficient (Wildman–Crippen LogP) is 3.80. The van der Waals surface area contributed by atoms with Crippen molar-refractivity contribution in [3.8, 4) is 6.07 Å². The Morgan fingerprint density at radius 1 is 1.11 bits per heavy atom. The van der Waals surface area contributed by atoms with Crippen LogP contribution in [0.3, 0.4) is 0 Å². The largest absolute Gasteiger partial charge is 0.370 e. The number of hydrogen-bond acceptors (Lipinski definition) is 3. The maximum Gasteiger partial charge on any atom is 0.293 e. The summed E-state index contributed by atoms with van der Waals surface area (Å²) in [4.78, 5) is 6.04. The summed E-state index contributed by atoms with van der Waals surface area (Å²) in [5, 5.41) is 10.0. The third-order valence-electron chi connectivity index (χ3n) is 5.75. The first kappa shape index (κ1) is 18.0. The second kappa shape index (κ2) is 7.32. The summed E-state index contributed by atoms with van der Waals surface area (Å²) >= 11 is 0. The summed E-state index contributed by atoms with van der Waals surface area (Å²) in [5.41, 5.74) is 5.40. The second-order valence-electron chi connectivity index (χ2n) is 8.33. The molecular weight excluding hydrogens is 334 g/mol. The molecule has 0 radical (unpaired) electrons. The van der Waals surface area contributed by atoms with E-state index in [9.17, 15) is 5.26 Å². The molecule has 0 unspecified atom stereocenters. The number of benzene rings is 1. The van der Waals surface area contributed by atoms with Crippen molar-refractivity contribution in [3.63, 3.8) is 0 Å². The van der Waals surface area contributed by atoms with E-state index in [2.05, 4.69) is 54.1 Å². The van der Waals surface area contributed by atoms with Gasteiger partial charge < -0.3 is 4.74 Å². The molecule has 4 rings (SSSR count). The average molecular weight is 362 g/mol. The number of nitrogens with zero attached hydrogens (tertiary/aromatic N) is 2. The number of rotatable bonds is 3. The van der Waals surface area contributed by atoms with Crippen LogP contribution in [0.2, 0.25) is 0 Å². The molecule has 140 valence electrons. The van der Waals surface area contributed by atoms with Gasteiger partial charge in [-0.25, -0.2) is 4.98 Å². The van der Waals surface area contributed by atoms with E-state index >= 15 is 0 Å². The highest BCUT2D eigenvalue weighted by Gasteiger charge is 2.35. The van der Waals surface area contributed by atoms with Crippen molar-refractivity contribution < 1.29 is 9.72 Å². The SMILES string of the molecule is CC1(C)Cc2c(C#N)c(N3CCCCC3)[nH+]c(Cc3ccccc3)c2CO1. The molecule has 0 atom stereocenters. The van der Waals surface area contributed by atoms with E-state index < -0.39 is 0 Å². The Morgan fingerprint density at radius 2 is 1.85 bits per heavy atom. The van der Waals surface area contributed by atoms with E-state index in [1.807, 2.05) is 6.07 Å². The van der Waals surface area contributed by atoms with Crippen LogP contribution in [-0.2, 0) is 24.2 Å². The minimum absolute atomic E-state index is 0.233. The first-order valence-corrected chi connectivity index (χ1v) is 10.0. The number of hydrogen-bond donors (Lipinski definition) is 0. The Kier molecular flexibility index (Phi) is 4.88. The number of pyridine rings is 1. The Balaban J connectivity index is 1.84. The van der Waals surface area contributed by atoms with E-state index in [1.54, 1.807) is 0 Å². The van der Waals surface area contributed by atoms with Gasteiger partial charge in [0.25, 0.3) is 5.82 Å². The molecule has 0 spiro atoms. The van der Waals surface area contributed by atoms with E-state index in [0.717, 1.165) is 37.3 Å². The van der Waals surface area contributed by atoms with Gasteiger partial charge in [0.2, 0.25) is 0 Å². The van der Waals surface area contributed by atoms with Gasteiger partial charge in [-0.05, 0) is 44.2 Å². The summed E-state index contributed by atoms with van der Waals surface area (Å²) in [6, 6.07) is 13.0. The molecule has 0 saturated carbocycles. The number of aromatic amines is 1. The molecule has 1 N–H and O–H groups in total. The van der Waals surface area contributed by atoms with Crippen LogP contribution < -0.4 is 9.88 Å². The molecule has 2 aliphatic heterocycles. The number of H-pyrrole nitrogens is 1. The number of ether oxygens (including phenoxy) is 1. The van der Waals surface area contributed by atoms with Gasteiger partial charge in [0.1, 0.15) is 17.3 Å². The first-order chi connectivity index (χ1) is 13.1. The quantitative estimate of drug-likeness (QED) is 0.834. The molecule has 3 heterocycles. The fourth-order valence-electron chi connectivity index (χ4n) is 4.30. The summed E-state index contributed by atoms with van der Waals surface area (Å²) in [5.74, 6) is 1.01. The van der Waals surface area contributed by atoms with Crippen molar-refractivity contribution in [1.29, 1.82) is 5.26 Å². The van der Waals surface area contributed by atoms with Crippen molar-refractivity contribution in [2.45, 2.75) is 58.2 Å². The number of nitriles is 1. The van der Waals surface area contributed by atoms with E-state index in [-0.39, 0.29) is 5.60 Å². The number of anilines is 1. The lowest BCUT2D eigenvalue weighted by molar-refractivity contribution is -0.377. The maximum atomic E-state index is 10.0. The molecule has 1 fully saturated rings. The molecule has 2 aliphatic rings. The lowest BCUT2D eigenvalue weighted by Crippen LogP contribution is -2.40. The standard InChI is InChI=1S/C23H27N3O/c1-23(2)14-18-19(15-24)22(26-11-7-4-8-12-26)25-21(20(18)16-27-23)13-17-9-5-3-6-10-17/h3,5-6,9-10H,4,7-8,11-14,16H2,1-2H3/p+1. The van der Waals surface area contributed by atoms with Gasteiger partial charge in [-0.15, -0.1) is 0 Å². The summed E-state index contributed by atoms with van der Waals surface area (Å²) < 4.78 is 6.11. The summed E-state index contributed by atoms with van der Waals surface area (Å²) in [6.45, 7) is 6.84. The number of piperidine rings is 1. The van der Waals surface area contributed by atoms with Crippen molar-refractivity contribution in [2.75, 3.05) is 18.0 Å². The summed E-state index contributed by atoms with van der Waals surface area (Å²) in [6.07, 6.45) is 5.28. The topological polar surface area (TPSA) is 50.4 Å². The molecular formula is C23H28N3O+. The van der Waals surface area contributed by atoms with Gasteiger partial charge in [-0.3, -0.25) is 4.90 Å². The van der Waals surface area contributed by atoms with E-state index in [4.69, 9.17) is 4.74 Å². The minimum Gasteiger partial charge on any atom is -0.370 e. The molecule has 0 amide bonds. The highest BCUT2D eigenvalue weighted by atomic mass is 16.5. The number of nitrogens with one attached hydrogen (secondary N) is 1. The second-order valence-corrected chi connectivity index (χ2v) is 8.33. The first-order valence-electron chi connectivity index (χ1n) is 10.0. The molecule has 4 heteroatoms. The minimum atomic E-state index is -0.233. The lowest BCUT2D eigenvalue weighted by atomic mass is 9.87. The van der Waals surface area contributed by atoms with Gasteiger partial charge in [0.05, 0.1) is 25.3 Å². The third-order valence-corrected chi connectivity index (χ3v) is 5.75. The Bertz CT molecular complexity index is 861. The molecule has 0 aliphatic carbocycles. The highest BCUT2D eigenvalue weighted by Crippen LogP contribution is 2.34. The molecule has 2 aromatic rings. The molecule has 1 aromatic heterocycles. The normalized spacial score (nSPS) is 18.6. The summed E-state index contributed by atoms with van der Waals surface area (Å²) in [7, 11) is 0. The van der Waals surface area contributed by atoms with Crippen molar-refractivity contribution >= 4 is 5.82 Å². The Labute approximate surface area is 161 Å². The van der Waals surface area contributed by atoms with Crippen LogP contribution >= 0.6 is 0 Å². The zero-order valence-corrected chi connectivity index (χ0v) is 16.3. The van der Waals surface area contributed by atoms with Crippen molar-refractivity contribution in [3.05, 3.63) is 58.3 Å². The smallest absolute Gasteiger partial charge is 0.293 e. The fraction of sp³-hybridized carbons (Fsp3) is 0.478. The van der Waals surface area contributed by atoms with Crippen molar-refractivity contribution in [2.24, 2.45) is 0 Å². The van der Waals surface area contributed by atoms with Crippen molar-refractivity contribution in [1.82, 2.24) is 0 Å². The maximum absolute atomic E-state index is 10.0. The number of aromatic nitrogens is 1. The van der Waals surface area contributed by atoms with Gasteiger partial charge in [0.15, 0.2) is 0 Å². The van der Waals surface area contributed by atoms with Gasteiger partial charge in [-0.2, -0.15) is 5.26 Å². The van der Waals surface area contributed by atoms with Crippen LogP contribution in [0, 0.1) is 11.3 Å². The Hall–Kier alpha value is -2.38. The molecule has 1 saturated heterocycles. The molecule has 0 bridgehead atoms. The molecule has 27 heavy (non-hydrogen) atoms. The monoisotopic (exact) mass is 362 g/mol. The zero-order chi connectivity index (χ0) is 18.9. The highest BCUT2D eigenvalue weighted by molar-refractivity contribution is 5.58. The van der Waals surface area contributed by atoms with Crippen LogP contribution in [0.1, 0.15) is 61.1 Å². The third kappa shape index (κ3) is 3.70. The fourth-order valence-corrected chi connectivity index (χ4v) is 4.30. The molecule has 4 nitrogen and oxygen atoms in total. The molecule has 1 aromatic carbocycles. The van der Waals surface area contributed by atoms with Crippen LogP contribution in [-0.4, -0.2) is 18.7 Å². The average Bonchev–Trinajstić information content (AvgIpc) is 2.68. The number of fused-ring (bicyclic) bond motifs is 1. The van der Waals surface area contributed by atoms with Gasteiger partial charge in [-0.1, -0.05) is 30.3 Å². The van der Waals surface area contributed by atoms with Crippen LogP contribution in [0.15, 0.2) is 30.3 Å². The van der Waals surface area contributed by atoms with E-state index in [1.165, 1.54) is 41.6 Å².